The minimum Gasteiger partial charge on any atom is -0.478 e. The number of carboxylic acid groups (broad SMARTS) is 1. The molecule has 0 saturated carbocycles. The first-order chi connectivity index (χ1) is 10.0. The van der Waals surface area contributed by atoms with E-state index in [9.17, 15) is 9.59 Å². The largest absolute Gasteiger partial charge is 0.478 e. The van der Waals surface area contributed by atoms with Crippen molar-refractivity contribution in [1.29, 1.82) is 0 Å². The lowest BCUT2D eigenvalue weighted by Crippen LogP contribution is -2.15. The molecular weight excluding hydrogens is 313 g/mol. The van der Waals surface area contributed by atoms with E-state index in [2.05, 4.69) is 5.32 Å². The summed E-state index contributed by atoms with van der Waals surface area (Å²) in [6.07, 6.45) is 0. The minimum absolute atomic E-state index is 0.0654. The zero-order chi connectivity index (χ0) is 15.4. The number of carboxylic acids is 1. The lowest BCUT2D eigenvalue weighted by molar-refractivity contribution is 0.0698. The Balaban J connectivity index is 2.29. The number of nitrogens with one attached hydrogen (secondary N) is 1. The molecule has 0 heterocycles. The first kappa shape index (κ1) is 15.4. The van der Waals surface area contributed by atoms with Gasteiger partial charge in [-0.15, -0.1) is 11.6 Å². The van der Waals surface area contributed by atoms with Gasteiger partial charge in [0.05, 0.1) is 11.3 Å². The highest BCUT2D eigenvalue weighted by molar-refractivity contribution is 6.31. The van der Waals surface area contributed by atoms with Crippen LogP contribution in [0.1, 0.15) is 26.3 Å². The SMILES string of the molecule is O=C(Nc1ccc(Cl)cc1C(=O)O)c1cccc(CCl)c1. The third-order valence-corrected chi connectivity index (χ3v) is 3.35. The van der Waals surface area contributed by atoms with Crippen molar-refractivity contribution in [3.05, 3.63) is 64.2 Å². The van der Waals surface area contributed by atoms with Crippen molar-refractivity contribution in [1.82, 2.24) is 0 Å². The van der Waals surface area contributed by atoms with Crippen molar-refractivity contribution < 1.29 is 14.7 Å². The van der Waals surface area contributed by atoms with Gasteiger partial charge in [-0.05, 0) is 35.9 Å². The molecule has 0 spiro atoms. The highest BCUT2D eigenvalue weighted by Crippen LogP contribution is 2.21. The number of amides is 1. The van der Waals surface area contributed by atoms with Crippen LogP contribution in [0, 0.1) is 0 Å². The number of benzene rings is 2. The molecule has 2 aromatic rings. The van der Waals surface area contributed by atoms with Crippen molar-refractivity contribution in [2.75, 3.05) is 5.32 Å². The standard InChI is InChI=1S/C15H11Cl2NO3/c16-8-9-2-1-3-10(6-9)14(19)18-13-5-4-11(17)7-12(13)15(20)21/h1-7H,8H2,(H,18,19)(H,20,21). The van der Waals surface area contributed by atoms with Crippen LogP contribution in [0.25, 0.3) is 0 Å². The topological polar surface area (TPSA) is 66.4 Å². The molecule has 2 N–H and O–H groups in total. The average Bonchev–Trinajstić information content (AvgIpc) is 2.48. The lowest BCUT2D eigenvalue weighted by Gasteiger charge is -2.09. The Labute approximate surface area is 131 Å². The van der Waals surface area contributed by atoms with Crippen molar-refractivity contribution in [2.45, 2.75) is 5.88 Å². The van der Waals surface area contributed by atoms with Crippen molar-refractivity contribution in [3.8, 4) is 0 Å². The normalized spacial score (nSPS) is 10.2. The Morgan fingerprint density at radius 1 is 1.14 bits per heavy atom. The average molecular weight is 324 g/mol. The number of hydrogen-bond donors (Lipinski definition) is 2. The molecule has 2 rings (SSSR count). The van der Waals surface area contributed by atoms with E-state index in [0.717, 1.165) is 5.56 Å². The fourth-order valence-corrected chi connectivity index (χ4v) is 2.13. The molecule has 21 heavy (non-hydrogen) atoms. The molecule has 0 radical (unpaired) electrons. The molecule has 0 aliphatic carbocycles. The second-order valence-corrected chi connectivity index (χ2v) is 4.99. The highest BCUT2D eigenvalue weighted by Gasteiger charge is 2.14. The van der Waals surface area contributed by atoms with E-state index in [1.807, 2.05) is 0 Å². The molecule has 0 aliphatic rings. The van der Waals surface area contributed by atoms with Gasteiger partial charge in [0.25, 0.3) is 5.91 Å². The predicted octanol–water partition coefficient (Wildman–Crippen LogP) is 4.03. The third-order valence-electron chi connectivity index (χ3n) is 2.80. The van der Waals surface area contributed by atoms with Crippen LogP contribution in [0.5, 0.6) is 0 Å². The maximum absolute atomic E-state index is 12.2. The molecule has 0 aliphatic heterocycles. The molecule has 0 saturated heterocycles. The third kappa shape index (κ3) is 3.74. The van der Waals surface area contributed by atoms with Gasteiger partial charge in [0.15, 0.2) is 0 Å². The first-order valence-corrected chi connectivity index (χ1v) is 6.91. The van der Waals surface area contributed by atoms with Crippen LogP contribution >= 0.6 is 23.2 Å². The number of anilines is 1. The maximum Gasteiger partial charge on any atom is 0.337 e. The molecule has 0 bridgehead atoms. The summed E-state index contributed by atoms with van der Waals surface area (Å²) in [6, 6.07) is 11.0. The number of alkyl halides is 1. The Bertz CT molecular complexity index is 701. The summed E-state index contributed by atoms with van der Waals surface area (Å²) in [4.78, 5) is 23.3. The van der Waals surface area contributed by atoms with Gasteiger partial charge < -0.3 is 10.4 Å². The van der Waals surface area contributed by atoms with E-state index in [1.54, 1.807) is 24.3 Å². The smallest absolute Gasteiger partial charge is 0.337 e. The van der Waals surface area contributed by atoms with E-state index in [1.165, 1.54) is 18.2 Å². The number of aromatic carboxylic acids is 1. The molecule has 0 atom stereocenters. The second-order valence-electron chi connectivity index (χ2n) is 4.28. The van der Waals surface area contributed by atoms with Crippen molar-refractivity contribution in [3.63, 3.8) is 0 Å². The summed E-state index contributed by atoms with van der Waals surface area (Å²) in [5.41, 5.74) is 1.33. The Morgan fingerprint density at radius 2 is 1.90 bits per heavy atom. The van der Waals surface area contributed by atoms with Crippen LogP contribution < -0.4 is 5.32 Å². The number of carbonyl (C=O) groups is 2. The Morgan fingerprint density at radius 3 is 2.57 bits per heavy atom. The molecular formula is C15H11Cl2NO3. The van der Waals surface area contributed by atoms with E-state index < -0.39 is 11.9 Å². The fraction of sp³-hybridized carbons (Fsp3) is 0.0667. The second kappa shape index (κ2) is 6.61. The van der Waals surface area contributed by atoms with Gasteiger partial charge in [-0.25, -0.2) is 4.79 Å². The lowest BCUT2D eigenvalue weighted by atomic mass is 10.1. The zero-order valence-electron chi connectivity index (χ0n) is 10.8. The van der Waals surface area contributed by atoms with Gasteiger partial charge in [0.1, 0.15) is 0 Å². The molecule has 4 nitrogen and oxygen atoms in total. The number of carbonyl (C=O) groups excluding carboxylic acids is 1. The van der Waals surface area contributed by atoms with E-state index in [4.69, 9.17) is 28.3 Å². The summed E-state index contributed by atoms with van der Waals surface area (Å²) in [5.74, 6) is -1.28. The van der Waals surface area contributed by atoms with Gasteiger partial charge in [-0.2, -0.15) is 0 Å². The summed E-state index contributed by atoms with van der Waals surface area (Å²) in [7, 11) is 0. The highest BCUT2D eigenvalue weighted by atomic mass is 35.5. The molecule has 2 aromatic carbocycles. The van der Waals surface area contributed by atoms with E-state index >= 15 is 0 Å². The van der Waals surface area contributed by atoms with Crippen LogP contribution in [-0.4, -0.2) is 17.0 Å². The summed E-state index contributed by atoms with van der Waals surface area (Å²) in [5, 5.41) is 12.0. The van der Waals surface area contributed by atoms with Gasteiger partial charge in [0.2, 0.25) is 0 Å². The van der Waals surface area contributed by atoms with Crippen LogP contribution in [-0.2, 0) is 5.88 Å². The summed E-state index contributed by atoms with van der Waals surface area (Å²) < 4.78 is 0. The number of rotatable bonds is 4. The zero-order valence-corrected chi connectivity index (χ0v) is 12.3. The molecule has 6 heteroatoms. The van der Waals surface area contributed by atoms with Crippen LogP contribution in [0.15, 0.2) is 42.5 Å². The van der Waals surface area contributed by atoms with Gasteiger partial charge in [-0.1, -0.05) is 23.7 Å². The summed E-state index contributed by atoms with van der Waals surface area (Å²) in [6.45, 7) is 0. The number of hydrogen-bond acceptors (Lipinski definition) is 2. The maximum atomic E-state index is 12.2. The Kier molecular flexibility index (Phi) is 4.83. The molecule has 1 amide bonds. The van der Waals surface area contributed by atoms with Crippen LogP contribution in [0.2, 0.25) is 5.02 Å². The molecule has 0 unspecified atom stereocenters. The quantitative estimate of drug-likeness (QED) is 0.835. The van der Waals surface area contributed by atoms with Crippen molar-refractivity contribution in [2.24, 2.45) is 0 Å². The monoisotopic (exact) mass is 323 g/mol. The summed E-state index contributed by atoms with van der Waals surface area (Å²) >= 11 is 11.5. The molecule has 108 valence electrons. The van der Waals surface area contributed by atoms with Gasteiger partial charge in [-0.3, -0.25) is 4.79 Å². The predicted molar refractivity (Wildman–Crippen MR) is 82.4 cm³/mol. The number of halogens is 2. The van der Waals surface area contributed by atoms with Crippen molar-refractivity contribution >= 4 is 40.8 Å². The van der Waals surface area contributed by atoms with Crippen LogP contribution in [0.4, 0.5) is 5.69 Å². The first-order valence-electron chi connectivity index (χ1n) is 6.00. The van der Waals surface area contributed by atoms with Gasteiger partial charge in [0, 0.05) is 16.5 Å². The van der Waals surface area contributed by atoms with Gasteiger partial charge >= 0.3 is 5.97 Å². The minimum atomic E-state index is -1.16. The van der Waals surface area contributed by atoms with E-state index in [-0.39, 0.29) is 16.3 Å². The van der Waals surface area contributed by atoms with Crippen LogP contribution in [0.3, 0.4) is 0 Å². The molecule has 0 fully saturated rings. The van der Waals surface area contributed by atoms with E-state index in [0.29, 0.717) is 11.4 Å². The molecule has 0 aromatic heterocycles. The Hall–Kier alpha value is -2.04. The fourth-order valence-electron chi connectivity index (χ4n) is 1.79.